The summed E-state index contributed by atoms with van der Waals surface area (Å²) in [7, 11) is 0. The van der Waals surface area contributed by atoms with Gasteiger partial charge in [0.1, 0.15) is 11.7 Å². The van der Waals surface area contributed by atoms with E-state index in [0.717, 1.165) is 23.3 Å². The van der Waals surface area contributed by atoms with Crippen LogP contribution in [0, 0.1) is 5.41 Å². The van der Waals surface area contributed by atoms with Crippen LogP contribution in [0.2, 0.25) is 5.15 Å². The van der Waals surface area contributed by atoms with Crippen molar-refractivity contribution in [1.29, 1.82) is 0 Å². The molecule has 1 saturated carbocycles. The number of furan rings is 1. The van der Waals surface area contributed by atoms with Crippen LogP contribution in [-0.4, -0.2) is 56.7 Å². The van der Waals surface area contributed by atoms with Crippen LogP contribution in [0.3, 0.4) is 0 Å². The summed E-state index contributed by atoms with van der Waals surface area (Å²) in [6.07, 6.45) is 1.12. The molecule has 2 amide bonds. The monoisotopic (exact) mass is 494 g/mol. The number of carbonyl (C=O) groups excluding carboxylic acids is 2. The topological polar surface area (TPSA) is 71.1 Å². The summed E-state index contributed by atoms with van der Waals surface area (Å²) in [5.74, 6) is -0.855. The van der Waals surface area contributed by atoms with E-state index in [1.54, 1.807) is 4.90 Å². The average Bonchev–Trinajstić information content (AvgIpc) is 3.39. The zero-order chi connectivity index (χ0) is 24.4. The number of amides is 2. The molecule has 180 valence electrons. The Morgan fingerprint density at radius 1 is 1.24 bits per heavy atom. The molecule has 0 spiro atoms. The van der Waals surface area contributed by atoms with Crippen LogP contribution < -0.4 is 0 Å². The predicted octanol–water partition coefficient (Wildman–Crippen LogP) is 4.74. The maximum absolute atomic E-state index is 13.8. The molecule has 0 atom stereocenters. The van der Waals surface area contributed by atoms with E-state index >= 15 is 0 Å². The molecule has 2 fully saturated rings. The number of piperazine rings is 1. The number of fused-ring (bicyclic) bond motifs is 1. The van der Waals surface area contributed by atoms with E-state index in [0.29, 0.717) is 12.1 Å². The van der Waals surface area contributed by atoms with E-state index in [1.165, 1.54) is 29.7 Å². The number of rotatable bonds is 3. The SMILES string of the molecule is CC1(C)CC(N2CCN(C(=O)c3nc4c(C(F)(F)F)cc(-c5ccoc5)cn4c3Cl)CC2=O)C1. The first kappa shape index (κ1) is 22.8. The van der Waals surface area contributed by atoms with Crippen LogP contribution in [0.1, 0.15) is 42.7 Å². The van der Waals surface area contributed by atoms with Gasteiger partial charge in [-0.05, 0) is 30.4 Å². The summed E-state index contributed by atoms with van der Waals surface area (Å²) in [5, 5.41) is -0.244. The zero-order valence-corrected chi connectivity index (χ0v) is 19.3. The van der Waals surface area contributed by atoms with E-state index in [2.05, 4.69) is 18.8 Å². The van der Waals surface area contributed by atoms with Gasteiger partial charge in [-0.2, -0.15) is 13.2 Å². The molecule has 34 heavy (non-hydrogen) atoms. The first-order valence-corrected chi connectivity index (χ1v) is 11.2. The second kappa shape index (κ2) is 7.76. The fraction of sp³-hybridized carbons (Fsp3) is 0.435. The molecule has 3 aromatic heterocycles. The fourth-order valence-corrected chi connectivity index (χ4v) is 5.13. The Bertz CT molecular complexity index is 1270. The van der Waals surface area contributed by atoms with Gasteiger partial charge in [0.25, 0.3) is 5.91 Å². The molecule has 1 aliphatic carbocycles. The lowest BCUT2D eigenvalue weighted by molar-refractivity contribution is -0.142. The van der Waals surface area contributed by atoms with Crippen molar-refractivity contribution in [2.24, 2.45) is 5.41 Å². The Labute approximate surface area is 198 Å². The Morgan fingerprint density at radius 2 is 1.97 bits per heavy atom. The highest BCUT2D eigenvalue weighted by molar-refractivity contribution is 6.33. The van der Waals surface area contributed by atoms with Gasteiger partial charge < -0.3 is 14.2 Å². The fourth-order valence-electron chi connectivity index (χ4n) is 4.88. The number of carbonyl (C=O) groups is 2. The van der Waals surface area contributed by atoms with Gasteiger partial charge in [0.2, 0.25) is 5.91 Å². The van der Waals surface area contributed by atoms with E-state index in [9.17, 15) is 22.8 Å². The Balaban J connectivity index is 1.45. The molecular weight excluding hydrogens is 473 g/mol. The minimum atomic E-state index is -4.73. The van der Waals surface area contributed by atoms with Crippen molar-refractivity contribution in [2.45, 2.75) is 38.9 Å². The molecule has 4 heterocycles. The maximum Gasteiger partial charge on any atom is 0.420 e. The molecule has 1 saturated heterocycles. The first-order chi connectivity index (χ1) is 15.9. The Hall–Kier alpha value is -3.01. The van der Waals surface area contributed by atoms with Crippen LogP contribution >= 0.6 is 11.6 Å². The van der Waals surface area contributed by atoms with Gasteiger partial charge in [-0.3, -0.25) is 14.0 Å². The van der Waals surface area contributed by atoms with Gasteiger partial charge in [0, 0.05) is 36.5 Å². The third-order valence-corrected chi connectivity index (χ3v) is 6.95. The second-order valence-electron chi connectivity index (χ2n) is 9.64. The van der Waals surface area contributed by atoms with Crippen molar-refractivity contribution in [3.63, 3.8) is 0 Å². The average molecular weight is 495 g/mol. The highest BCUT2D eigenvalue weighted by atomic mass is 35.5. The van der Waals surface area contributed by atoms with Gasteiger partial charge >= 0.3 is 6.18 Å². The second-order valence-corrected chi connectivity index (χ2v) is 10.00. The highest BCUT2D eigenvalue weighted by Gasteiger charge is 2.43. The number of nitrogens with zero attached hydrogens (tertiary/aromatic N) is 4. The van der Waals surface area contributed by atoms with Crippen molar-refractivity contribution in [1.82, 2.24) is 19.2 Å². The Morgan fingerprint density at radius 3 is 2.56 bits per heavy atom. The standard InChI is InChI=1S/C23H22ClF3N4O3/c1-22(2)8-15(9-22)30-5-4-29(11-17(30)32)21(33)18-19(24)31-10-14(13-3-6-34-12-13)7-16(20(31)28-18)23(25,26)27/h3,6-7,10,12,15H,4-5,8-9,11H2,1-2H3. The van der Waals surface area contributed by atoms with Crippen molar-refractivity contribution < 1.29 is 27.2 Å². The lowest BCUT2D eigenvalue weighted by Crippen LogP contribution is -2.59. The largest absolute Gasteiger partial charge is 0.472 e. The van der Waals surface area contributed by atoms with Crippen molar-refractivity contribution in [3.8, 4) is 11.1 Å². The van der Waals surface area contributed by atoms with Crippen LogP contribution in [0.15, 0.2) is 35.3 Å². The lowest BCUT2D eigenvalue weighted by Gasteiger charge is -2.50. The molecule has 0 N–H and O–H groups in total. The molecule has 3 aromatic rings. The van der Waals surface area contributed by atoms with Gasteiger partial charge in [0.15, 0.2) is 11.3 Å². The maximum atomic E-state index is 13.8. The predicted molar refractivity (Wildman–Crippen MR) is 117 cm³/mol. The van der Waals surface area contributed by atoms with Crippen molar-refractivity contribution in [3.05, 3.63) is 47.3 Å². The van der Waals surface area contributed by atoms with E-state index in [-0.39, 0.29) is 46.9 Å². The third kappa shape index (κ3) is 3.83. The van der Waals surface area contributed by atoms with E-state index in [4.69, 9.17) is 16.0 Å². The van der Waals surface area contributed by atoms with Crippen LogP contribution in [0.25, 0.3) is 16.8 Å². The molecule has 0 aromatic carbocycles. The number of imidazole rings is 1. The minimum Gasteiger partial charge on any atom is -0.472 e. The number of aromatic nitrogens is 2. The smallest absolute Gasteiger partial charge is 0.420 e. The molecule has 11 heteroatoms. The quantitative estimate of drug-likeness (QED) is 0.527. The van der Waals surface area contributed by atoms with E-state index < -0.39 is 23.3 Å². The molecule has 0 radical (unpaired) electrons. The van der Waals surface area contributed by atoms with E-state index in [1.807, 2.05) is 0 Å². The Kier molecular flexibility index (Phi) is 5.20. The summed E-state index contributed by atoms with van der Waals surface area (Å²) >= 11 is 6.37. The zero-order valence-electron chi connectivity index (χ0n) is 18.5. The molecule has 1 aliphatic heterocycles. The molecule has 0 bridgehead atoms. The minimum absolute atomic E-state index is 0.160. The van der Waals surface area contributed by atoms with Gasteiger partial charge in [-0.25, -0.2) is 4.98 Å². The number of alkyl halides is 3. The van der Waals surface area contributed by atoms with Gasteiger partial charge in [0.05, 0.1) is 18.1 Å². The summed E-state index contributed by atoms with van der Waals surface area (Å²) < 4.78 is 47.5. The number of hydrogen-bond donors (Lipinski definition) is 0. The van der Waals surface area contributed by atoms with Gasteiger partial charge in [-0.15, -0.1) is 0 Å². The van der Waals surface area contributed by atoms with Crippen molar-refractivity contribution >= 4 is 29.1 Å². The normalized spacial score (nSPS) is 19.1. The molecule has 0 unspecified atom stereocenters. The van der Waals surface area contributed by atoms with Crippen LogP contribution in [0.5, 0.6) is 0 Å². The molecular formula is C23H22ClF3N4O3. The summed E-state index contributed by atoms with van der Waals surface area (Å²) in [6, 6.07) is 2.63. The summed E-state index contributed by atoms with van der Waals surface area (Å²) in [4.78, 5) is 32.9. The first-order valence-electron chi connectivity index (χ1n) is 10.8. The molecule has 5 rings (SSSR count). The van der Waals surface area contributed by atoms with Crippen LogP contribution in [-0.2, 0) is 11.0 Å². The number of pyridine rings is 1. The van der Waals surface area contributed by atoms with Gasteiger partial charge in [-0.1, -0.05) is 25.4 Å². The summed E-state index contributed by atoms with van der Waals surface area (Å²) in [6.45, 7) is 4.76. The number of hydrogen-bond acceptors (Lipinski definition) is 4. The summed E-state index contributed by atoms with van der Waals surface area (Å²) in [5.41, 5.74) is -0.990. The number of halogens is 4. The lowest BCUT2D eigenvalue weighted by atomic mass is 9.67. The molecule has 2 aliphatic rings. The molecule has 7 nitrogen and oxygen atoms in total. The van der Waals surface area contributed by atoms with Crippen LogP contribution in [0.4, 0.5) is 13.2 Å². The van der Waals surface area contributed by atoms with Crippen molar-refractivity contribution in [2.75, 3.05) is 19.6 Å². The third-order valence-electron chi connectivity index (χ3n) is 6.59. The highest BCUT2D eigenvalue weighted by Crippen LogP contribution is 2.43.